The highest BCUT2D eigenvalue weighted by molar-refractivity contribution is 5.83. The molecular formula is C36H32. The summed E-state index contributed by atoms with van der Waals surface area (Å²) in [6.45, 7) is 6.98. The van der Waals surface area contributed by atoms with Gasteiger partial charge in [0.15, 0.2) is 0 Å². The van der Waals surface area contributed by atoms with Crippen molar-refractivity contribution in [3.05, 3.63) is 144 Å². The zero-order valence-electron chi connectivity index (χ0n) is 21.3. The average Bonchev–Trinajstić information content (AvgIpc) is 3.17. The lowest BCUT2D eigenvalue weighted by atomic mass is 9.81. The highest BCUT2D eigenvalue weighted by atomic mass is 14.4. The topological polar surface area (TPSA) is 0 Å². The summed E-state index contributed by atoms with van der Waals surface area (Å²) in [5.74, 6) is 0.400. The summed E-state index contributed by atoms with van der Waals surface area (Å²) in [6.07, 6.45) is 1.08. The Hall–Kier alpha value is -3.90. The van der Waals surface area contributed by atoms with E-state index < -0.39 is 0 Å². The summed E-state index contributed by atoms with van der Waals surface area (Å²) in [6, 6.07) is 44.8. The molecule has 5 aromatic carbocycles. The summed E-state index contributed by atoms with van der Waals surface area (Å²) in [4.78, 5) is 0. The second-order valence-corrected chi connectivity index (χ2v) is 10.5. The van der Waals surface area contributed by atoms with Crippen LogP contribution in [0.2, 0.25) is 0 Å². The van der Waals surface area contributed by atoms with E-state index in [1.807, 2.05) is 0 Å². The van der Waals surface area contributed by atoms with E-state index in [-0.39, 0.29) is 5.41 Å². The summed E-state index contributed by atoms with van der Waals surface area (Å²) in [5, 5.41) is 0. The molecule has 0 spiro atoms. The molecule has 0 fully saturated rings. The van der Waals surface area contributed by atoms with Crippen LogP contribution in [-0.2, 0) is 5.41 Å². The van der Waals surface area contributed by atoms with Gasteiger partial charge in [0.2, 0.25) is 0 Å². The first kappa shape index (κ1) is 22.6. The Morgan fingerprint density at radius 1 is 0.500 bits per heavy atom. The fourth-order valence-electron chi connectivity index (χ4n) is 5.99. The van der Waals surface area contributed by atoms with Crippen molar-refractivity contribution in [1.29, 1.82) is 0 Å². The zero-order chi connectivity index (χ0) is 24.7. The fraction of sp³-hybridized carbons (Fsp3) is 0.167. The lowest BCUT2D eigenvalue weighted by Gasteiger charge is -2.22. The smallest absolute Gasteiger partial charge is 0.0159 e. The zero-order valence-corrected chi connectivity index (χ0v) is 21.3. The van der Waals surface area contributed by atoms with E-state index in [1.165, 1.54) is 55.6 Å². The molecule has 1 atom stereocenters. The molecule has 0 radical (unpaired) electrons. The van der Waals surface area contributed by atoms with Crippen molar-refractivity contribution < 1.29 is 0 Å². The molecule has 0 aliphatic heterocycles. The van der Waals surface area contributed by atoms with Gasteiger partial charge in [-0.05, 0) is 68.1 Å². The third-order valence-corrected chi connectivity index (χ3v) is 8.06. The standard InChI is InChI=1S/C36H32/c1-4-31(28-18-14-26(15-19-28)25-10-6-5-7-11-25)29-20-16-27(17-21-29)30-22-23-33-32-12-8-9-13-34(32)36(2,3)35(33)24-30/h5-24,31H,4H2,1-3H3. The molecule has 0 heterocycles. The maximum Gasteiger partial charge on any atom is 0.0159 e. The molecule has 1 aliphatic rings. The van der Waals surface area contributed by atoms with E-state index in [9.17, 15) is 0 Å². The van der Waals surface area contributed by atoms with Gasteiger partial charge in [0.05, 0.1) is 0 Å². The van der Waals surface area contributed by atoms with Crippen LogP contribution in [-0.4, -0.2) is 0 Å². The van der Waals surface area contributed by atoms with Gasteiger partial charge in [0.1, 0.15) is 0 Å². The van der Waals surface area contributed by atoms with Crippen molar-refractivity contribution in [1.82, 2.24) is 0 Å². The highest BCUT2D eigenvalue weighted by Gasteiger charge is 2.35. The lowest BCUT2D eigenvalue weighted by Crippen LogP contribution is -2.14. The van der Waals surface area contributed by atoms with Gasteiger partial charge in [-0.25, -0.2) is 0 Å². The van der Waals surface area contributed by atoms with Crippen LogP contribution in [0.3, 0.4) is 0 Å². The predicted octanol–water partition coefficient (Wildman–Crippen LogP) is 9.87. The molecule has 0 saturated carbocycles. The average molecular weight is 465 g/mol. The van der Waals surface area contributed by atoms with Crippen molar-refractivity contribution in [2.75, 3.05) is 0 Å². The van der Waals surface area contributed by atoms with Gasteiger partial charge < -0.3 is 0 Å². The molecule has 36 heavy (non-hydrogen) atoms. The first-order valence-electron chi connectivity index (χ1n) is 13.1. The molecule has 0 saturated heterocycles. The van der Waals surface area contributed by atoms with E-state index in [0.29, 0.717) is 5.92 Å². The second-order valence-electron chi connectivity index (χ2n) is 10.5. The van der Waals surface area contributed by atoms with Crippen molar-refractivity contribution in [3.8, 4) is 33.4 Å². The fourth-order valence-corrected chi connectivity index (χ4v) is 5.99. The molecule has 0 N–H and O–H groups in total. The van der Waals surface area contributed by atoms with E-state index in [0.717, 1.165) is 6.42 Å². The normalized spacial score (nSPS) is 14.2. The Labute approximate surface area is 215 Å². The van der Waals surface area contributed by atoms with Gasteiger partial charge >= 0.3 is 0 Å². The minimum atomic E-state index is 0.0289. The van der Waals surface area contributed by atoms with Gasteiger partial charge in [-0.3, -0.25) is 0 Å². The van der Waals surface area contributed by atoms with Crippen LogP contribution in [0, 0.1) is 0 Å². The molecule has 1 aliphatic carbocycles. The van der Waals surface area contributed by atoms with Crippen LogP contribution < -0.4 is 0 Å². The summed E-state index contributed by atoms with van der Waals surface area (Å²) < 4.78 is 0. The molecule has 6 rings (SSSR count). The molecule has 1 unspecified atom stereocenters. The largest absolute Gasteiger partial charge is 0.0645 e. The molecule has 0 nitrogen and oxygen atoms in total. The van der Waals surface area contributed by atoms with Gasteiger partial charge in [-0.15, -0.1) is 0 Å². The van der Waals surface area contributed by atoms with Crippen LogP contribution in [0.5, 0.6) is 0 Å². The molecule has 0 heteroatoms. The van der Waals surface area contributed by atoms with E-state index in [4.69, 9.17) is 0 Å². The Morgan fingerprint density at radius 2 is 1.00 bits per heavy atom. The molecule has 176 valence electrons. The second kappa shape index (κ2) is 8.95. The Morgan fingerprint density at radius 3 is 1.64 bits per heavy atom. The van der Waals surface area contributed by atoms with E-state index in [1.54, 1.807) is 0 Å². The molecule has 0 aromatic heterocycles. The van der Waals surface area contributed by atoms with Crippen molar-refractivity contribution in [2.45, 2.75) is 38.5 Å². The first-order chi connectivity index (χ1) is 17.6. The van der Waals surface area contributed by atoms with Crippen molar-refractivity contribution in [2.24, 2.45) is 0 Å². The van der Waals surface area contributed by atoms with Crippen LogP contribution >= 0.6 is 0 Å². The maximum absolute atomic E-state index is 2.41. The van der Waals surface area contributed by atoms with Crippen LogP contribution in [0.25, 0.3) is 33.4 Å². The van der Waals surface area contributed by atoms with Gasteiger partial charge in [-0.2, -0.15) is 0 Å². The number of benzene rings is 5. The van der Waals surface area contributed by atoms with Crippen LogP contribution in [0.15, 0.2) is 121 Å². The monoisotopic (exact) mass is 464 g/mol. The third-order valence-electron chi connectivity index (χ3n) is 8.06. The van der Waals surface area contributed by atoms with Crippen LogP contribution in [0.1, 0.15) is 55.4 Å². The summed E-state index contributed by atoms with van der Waals surface area (Å²) in [5.41, 5.74) is 13.5. The molecule has 0 amide bonds. The highest BCUT2D eigenvalue weighted by Crippen LogP contribution is 2.49. The van der Waals surface area contributed by atoms with Gasteiger partial charge in [0.25, 0.3) is 0 Å². The number of hydrogen-bond acceptors (Lipinski definition) is 0. The number of hydrogen-bond donors (Lipinski definition) is 0. The summed E-state index contributed by atoms with van der Waals surface area (Å²) >= 11 is 0. The molecular weight excluding hydrogens is 432 g/mol. The Balaban J connectivity index is 1.28. The SMILES string of the molecule is CCC(c1ccc(-c2ccccc2)cc1)c1ccc(-c2ccc3c(c2)C(C)(C)c2ccccc2-3)cc1. The maximum atomic E-state index is 2.41. The Bertz CT molecular complexity index is 1500. The van der Waals surface area contributed by atoms with Crippen molar-refractivity contribution >= 4 is 0 Å². The van der Waals surface area contributed by atoms with Crippen LogP contribution in [0.4, 0.5) is 0 Å². The summed E-state index contributed by atoms with van der Waals surface area (Å²) in [7, 11) is 0. The molecule has 5 aromatic rings. The lowest BCUT2D eigenvalue weighted by molar-refractivity contribution is 0.660. The molecule has 0 bridgehead atoms. The van der Waals surface area contributed by atoms with E-state index in [2.05, 4.69) is 142 Å². The third kappa shape index (κ3) is 3.78. The van der Waals surface area contributed by atoms with Gasteiger partial charge in [-0.1, -0.05) is 136 Å². The minimum absolute atomic E-state index is 0.0289. The predicted molar refractivity (Wildman–Crippen MR) is 153 cm³/mol. The Kier molecular flexibility index (Phi) is 5.61. The minimum Gasteiger partial charge on any atom is -0.0645 e. The first-order valence-corrected chi connectivity index (χ1v) is 13.1. The number of rotatable bonds is 5. The van der Waals surface area contributed by atoms with E-state index >= 15 is 0 Å². The number of fused-ring (bicyclic) bond motifs is 3. The van der Waals surface area contributed by atoms with Crippen molar-refractivity contribution in [3.63, 3.8) is 0 Å². The quantitative estimate of drug-likeness (QED) is 0.243. The van der Waals surface area contributed by atoms with Gasteiger partial charge in [0, 0.05) is 11.3 Å².